The van der Waals surface area contributed by atoms with Crippen LogP contribution < -0.4 is 5.32 Å². The predicted octanol–water partition coefficient (Wildman–Crippen LogP) is 2.62. The van der Waals surface area contributed by atoms with Gasteiger partial charge in [0.05, 0.1) is 12.6 Å². The minimum atomic E-state index is -0.213. The normalized spacial score (nSPS) is 17.0. The third-order valence-corrected chi connectivity index (χ3v) is 5.03. The number of carbonyl (C=O) groups is 2. The van der Waals surface area contributed by atoms with Crippen LogP contribution in [0.2, 0.25) is 0 Å². The molecule has 0 bridgehead atoms. The lowest BCUT2D eigenvalue weighted by Crippen LogP contribution is -2.44. The van der Waals surface area contributed by atoms with Crippen LogP contribution in [0.5, 0.6) is 0 Å². The Balaban J connectivity index is 1.60. The molecule has 0 saturated carbocycles. The maximum atomic E-state index is 12.4. The van der Waals surface area contributed by atoms with Crippen LogP contribution >= 0.6 is 11.3 Å². The van der Waals surface area contributed by atoms with Crippen LogP contribution in [0.3, 0.4) is 0 Å². The van der Waals surface area contributed by atoms with Crippen LogP contribution in [0.1, 0.15) is 33.8 Å². The van der Waals surface area contributed by atoms with Crippen molar-refractivity contribution in [2.75, 3.05) is 13.1 Å². The van der Waals surface area contributed by atoms with Crippen molar-refractivity contribution in [2.45, 2.75) is 19.4 Å². The minimum absolute atomic E-state index is 0.0337. The second kappa shape index (κ2) is 6.32. The van der Waals surface area contributed by atoms with E-state index in [9.17, 15) is 9.59 Å². The van der Waals surface area contributed by atoms with E-state index in [1.54, 1.807) is 23.5 Å². The summed E-state index contributed by atoms with van der Waals surface area (Å²) in [5, 5.41) is 4.78. The van der Waals surface area contributed by atoms with Gasteiger partial charge in [-0.3, -0.25) is 9.59 Å². The topological polar surface area (TPSA) is 49.4 Å². The van der Waals surface area contributed by atoms with Gasteiger partial charge < -0.3 is 10.2 Å². The molecular weight excluding hydrogens is 296 g/mol. The molecule has 2 amide bonds. The van der Waals surface area contributed by atoms with E-state index in [2.05, 4.69) is 16.8 Å². The molecule has 1 aromatic carbocycles. The first-order chi connectivity index (χ1) is 10.7. The maximum Gasteiger partial charge on any atom is 0.251 e. The molecule has 2 aromatic rings. The molecule has 1 aromatic heterocycles. The van der Waals surface area contributed by atoms with Crippen LogP contribution in [0.15, 0.2) is 41.8 Å². The zero-order chi connectivity index (χ0) is 15.5. The summed E-state index contributed by atoms with van der Waals surface area (Å²) in [5.74, 6) is -0.247. The second-order valence-electron chi connectivity index (χ2n) is 5.36. The molecule has 0 spiro atoms. The Morgan fingerprint density at radius 3 is 2.82 bits per heavy atom. The molecule has 1 atom stereocenters. The lowest BCUT2D eigenvalue weighted by Gasteiger charge is -2.33. The third kappa shape index (κ3) is 2.90. The molecule has 1 aliphatic rings. The number of benzene rings is 1. The van der Waals surface area contributed by atoms with Crippen LogP contribution in [0.25, 0.3) is 0 Å². The van der Waals surface area contributed by atoms with Crippen LogP contribution in [0.4, 0.5) is 0 Å². The molecule has 114 valence electrons. The highest BCUT2D eigenvalue weighted by atomic mass is 32.1. The van der Waals surface area contributed by atoms with E-state index in [-0.39, 0.29) is 24.4 Å². The molecule has 0 aliphatic carbocycles. The molecule has 4 nitrogen and oxygen atoms in total. The van der Waals surface area contributed by atoms with Gasteiger partial charge in [-0.05, 0) is 42.5 Å². The van der Waals surface area contributed by atoms with E-state index >= 15 is 0 Å². The number of hydrogen-bond acceptors (Lipinski definition) is 3. The fraction of sp³-hybridized carbons (Fsp3) is 0.294. The Labute approximate surface area is 133 Å². The van der Waals surface area contributed by atoms with Crippen molar-refractivity contribution in [1.29, 1.82) is 0 Å². The lowest BCUT2D eigenvalue weighted by molar-refractivity contribution is -0.132. The summed E-state index contributed by atoms with van der Waals surface area (Å²) in [7, 11) is 0. The maximum absolute atomic E-state index is 12.4. The number of nitrogens with zero attached hydrogens (tertiary/aromatic N) is 1. The second-order valence-corrected chi connectivity index (χ2v) is 6.36. The summed E-state index contributed by atoms with van der Waals surface area (Å²) >= 11 is 1.75. The minimum Gasteiger partial charge on any atom is -0.343 e. The lowest BCUT2D eigenvalue weighted by atomic mass is 10.0. The quantitative estimate of drug-likeness (QED) is 0.947. The monoisotopic (exact) mass is 314 g/mol. The highest BCUT2D eigenvalue weighted by Gasteiger charge is 2.28. The molecule has 0 fully saturated rings. The molecule has 5 heteroatoms. The Bertz CT molecular complexity index is 681. The molecule has 0 unspecified atom stereocenters. The summed E-state index contributed by atoms with van der Waals surface area (Å²) < 4.78 is 0. The Morgan fingerprint density at radius 1 is 1.27 bits per heavy atom. The number of carbonyl (C=O) groups excluding carboxylic acids is 2. The summed E-state index contributed by atoms with van der Waals surface area (Å²) in [6, 6.07) is 11.1. The molecule has 3 rings (SSSR count). The van der Waals surface area contributed by atoms with Gasteiger partial charge in [-0.25, -0.2) is 0 Å². The van der Waals surface area contributed by atoms with E-state index in [4.69, 9.17) is 0 Å². The van der Waals surface area contributed by atoms with Gasteiger partial charge >= 0.3 is 0 Å². The zero-order valence-electron chi connectivity index (χ0n) is 12.4. The van der Waals surface area contributed by atoms with Gasteiger partial charge in [0, 0.05) is 17.0 Å². The van der Waals surface area contributed by atoms with Crippen LogP contribution in [-0.4, -0.2) is 29.8 Å². The smallest absolute Gasteiger partial charge is 0.251 e. The number of amides is 2. The van der Waals surface area contributed by atoms with Crippen molar-refractivity contribution in [3.05, 3.63) is 57.8 Å². The fourth-order valence-corrected chi connectivity index (χ4v) is 3.76. The summed E-state index contributed by atoms with van der Waals surface area (Å²) in [6.45, 7) is 2.80. The van der Waals surface area contributed by atoms with E-state index in [1.807, 2.05) is 30.0 Å². The van der Waals surface area contributed by atoms with E-state index in [0.29, 0.717) is 12.1 Å². The van der Waals surface area contributed by atoms with Crippen molar-refractivity contribution in [2.24, 2.45) is 0 Å². The number of rotatable bonds is 3. The van der Waals surface area contributed by atoms with Crippen LogP contribution in [-0.2, 0) is 11.2 Å². The van der Waals surface area contributed by atoms with Crippen molar-refractivity contribution in [1.82, 2.24) is 10.2 Å². The molecule has 2 heterocycles. The van der Waals surface area contributed by atoms with Gasteiger partial charge in [-0.1, -0.05) is 18.2 Å². The molecule has 0 radical (unpaired) electrons. The highest BCUT2D eigenvalue weighted by Crippen LogP contribution is 2.32. The Kier molecular flexibility index (Phi) is 4.24. The molecular formula is C17H18N2O2S. The first kappa shape index (κ1) is 14.8. The van der Waals surface area contributed by atoms with Gasteiger partial charge in [0.25, 0.3) is 5.91 Å². The Hall–Kier alpha value is -2.14. The van der Waals surface area contributed by atoms with E-state index in [0.717, 1.165) is 6.42 Å². The van der Waals surface area contributed by atoms with Crippen molar-refractivity contribution in [3.63, 3.8) is 0 Å². The van der Waals surface area contributed by atoms with Gasteiger partial charge in [-0.15, -0.1) is 11.3 Å². The number of thiophene rings is 1. The van der Waals surface area contributed by atoms with Crippen molar-refractivity contribution < 1.29 is 9.59 Å². The number of nitrogens with one attached hydrogen (secondary N) is 1. The summed E-state index contributed by atoms with van der Waals surface area (Å²) in [5.41, 5.74) is 1.81. The highest BCUT2D eigenvalue weighted by molar-refractivity contribution is 7.10. The van der Waals surface area contributed by atoms with Gasteiger partial charge in [-0.2, -0.15) is 0 Å². The largest absolute Gasteiger partial charge is 0.343 e. The van der Waals surface area contributed by atoms with E-state index < -0.39 is 0 Å². The van der Waals surface area contributed by atoms with Gasteiger partial charge in [0.2, 0.25) is 5.91 Å². The molecule has 0 saturated heterocycles. The molecule has 1 aliphatic heterocycles. The summed E-state index contributed by atoms with van der Waals surface area (Å²) in [6.07, 6.45) is 0.899. The first-order valence-corrected chi connectivity index (χ1v) is 8.24. The third-order valence-electron chi connectivity index (χ3n) is 4.03. The molecule has 1 N–H and O–H groups in total. The average Bonchev–Trinajstić information content (AvgIpc) is 3.03. The number of fused-ring (bicyclic) bond motifs is 1. The van der Waals surface area contributed by atoms with E-state index in [1.165, 1.54) is 10.4 Å². The fourth-order valence-electron chi connectivity index (χ4n) is 2.80. The number of hydrogen-bond donors (Lipinski definition) is 1. The van der Waals surface area contributed by atoms with Crippen molar-refractivity contribution in [3.8, 4) is 0 Å². The Morgan fingerprint density at radius 2 is 2.05 bits per heavy atom. The molecule has 22 heavy (non-hydrogen) atoms. The first-order valence-electron chi connectivity index (χ1n) is 7.36. The van der Waals surface area contributed by atoms with Crippen LogP contribution in [0, 0.1) is 0 Å². The predicted molar refractivity (Wildman–Crippen MR) is 86.9 cm³/mol. The van der Waals surface area contributed by atoms with Gasteiger partial charge in [0.1, 0.15) is 0 Å². The van der Waals surface area contributed by atoms with Crippen molar-refractivity contribution >= 4 is 23.2 Å². The SMILES string of the molecule is C[C@H]1c2ccsc2CCN1C(=O)CNC(=O)c1ccccc1. The zero-order valence-corrected chi connectivity index (χ0v) is 13.2. The standard InChI is InChI=1S/C17H18N2O2S/c1-12-14-8-10-22-15(14)7-9-19(12)16(20)11-18-17(21)13-5-3-2-4-6-13/h2-6,8,10,12H,7,9,11H2,1H3,(H,18,21)/t12-/m0/s1. The van der Waals surface area contributed by atoms with Gasteiger partial charge in [0.15, 0.2) is 0 Å². The average molecular weight is 314 g/mol. The summed E-state index contributed by atoms with van der Waals surface area (Å²) in [4.78, 5) is 27.6.